The molecular formula is C18H18N4O2. The number of nitrogens with zero attached hydrogens (tertiary/aromatic N) is 3. The van der Waals surface area contributed by atoms with E-state index >= 15 is 0 Å². The van der Waals surface area contributed by atoms with E-state index in [9.17, 15) is 4.79 Å². The summed E-state index contributed by atoms with van der Waals surface area (Å²) in [5, 5.41) is 13.2. The van der Waals surface area contributed by atoms with E-state index in [2.05, 4.69) is 22.2 Å². The highest BCUT2D eigenvalue weighted by Crippen LogP contribution is 2.32. The Bertz CT molecular complexity index is 932. The van der Waals surface area contributed by atoms with Crippen LogP contribution >= 0.6 is 0 Å². The van der Waals surface area contributed by atoms with Crippen molar-refractivity contribution in [2.75, 3.05) is 5.73 Å². The van der Waals surface area contributed by atoms with Crippen molar-refractivity contribution < 1.29 is 9.90 Å². The van der Waals surface area contributed by atoms with Crippen LogP contribution in [0.3, 0.4) is 0 Å². The minimum atomic E-state index is -0.716. The van der Waals surface area contributed by atoms with Gasteiger partial charge in [0.1, 0.15) is 5.82 Å². The first-order valence-electron chi connectivity index (χ1n) is 8.04. The minimum absolute atomic E-state index is 0.230. The second kappa shape index (κ2) is 5.63. The number of hydrogen-bond donors (Lipinski definition) is 2. The molecule has 1 aliphatic carbocycles. The largest absolute Gasteiger partial charge is 0.481 e. The molecule has 0 spiro atoms. The molecule has 122 valence electrons. The molecule has 0 fully saturated rings. The number of aryl methyl sites for hydroxylation is 1. The number of nitrogen functional groups attached to an aromatic ring is 1. The van der Waals surface area contributed by atoms with E-state index in [0.29, 0.717) is 5.82 Å². The molecule has 2 aromatic heterocycles. The second-order valence-corrected chi connectivity index (χ2v) is 6.35. The number of rotatable bonds is 3. The highest BCUT2D eigenvalue weighted by Gasteiger charge is 2.21. The molecule has 3 N–H and O–H groups in total. The smallest absolute Gasteiger partial charge is 0.303 e. The van der Waals surface area contributed by atoms with E-state index in [4.69, 9.17) is 10.8 Å². The van der Waals surface area contributed by atoms with Gasteiger partial charge in [0.15, 0.2) is 5.65 Å². The Morgan fingerprint density at radius 2 is 2.21 bits per heavy atom. The van der Waals surface area contributed by atoms with Crippen molar-refractivity contribution in [2.24, 2.45) is 5.92 Å². The van der Waals surface area contributed by atoms with Crippen LogP contribution in [0.5, 0.6) is 0 Å². The van der Waals surface area contributed by atoms with Crippen molar-refractivity contribution in [2.45, 2.75) is 25.7 Å². The van der Waals surface area contributed by atoms with Crippen LogP contribution in [-0.4, -0.2) is 25.7 Å². The molecule has 2 heterocycles. The molecule has 6 nitrogen and oxygen atoms in total. The summed E-state index contributed by atoms with van der Waals surface area (Å²) in [7, 11) is 0. The predicted octanol–water partition coefficient (Wildman–Crippen LogP) is 2.56. The lowest BCUT2D eigenvalue weighted by atomic mass is 9.81. The predicted molar refractivity (Wildman–Crippen MR) is 90.6 cm³/mol. The number of hydrogen-bond acceptors (Lipinski definition) is 4. The van der Waals surface area contributed by atoms with Gasteiger partial charge < -0.3 is 10.8 Å². The molecule has 0 aliphatic heterocycles. The van der Waals surface area contributed by atoms with E-state index in [1.165, 1.54) is 11.1 Å². The molecule has 24 heavy (non-hydrogen) atoms. The van der Waals surface area contributed by atoms with Gasteiger partial charge in [0.25, 0.3) is 0 Å². The summed E-state index contributed by atoms with van der Waals surface area (Å²) in [5.41, 5.74) is 11.4. The Morgan fingerprint density at radius 3 is 3.04 bits per heavy atom. The van der Waals surface area contributed by atoms with E-state index in [1.54, 1.807) is 16.9 Å². The van der Waals surface area contributed by atoms with Gasteiger partial charge in [0.2, 0.25) is 0 Å². The standard InChI is InChI=1S/C18H18N4O2/c19-18-15(10-20-16-5-6-21-22(16)18)14-4-3-12-7-11(8-17(23)24)1-2-13(12)9-14/h3-6,9-11H,1-2,7-8,19H2,(H,23,24). The fourth-order valence-electron chi connectivity index (χ4n) is 3.53. The molecule has 4 rings (SSSR count). The van der Waals surface area contributed by atoms with Gasteiger partial charge in [-0.15, -0.1) is 0 Å². The van der Waals surface area contributed by atoms with Gasteiger partial charge >= 0.3 is 5.97 Å². The number of carboxylic acids is 1. The Labute approximate surface area is 138 Å². The fraction of sp³-hybridized carbons (Fsp3) is 0.278. The lowest BCUT2D eigenvalue weighted by molar-refractivity contribution is -0.138. The first kappa shape index (κ1) is 14.7. The first-order chi connectivity index (χ1) is 11.6. The highest BCUT2D eigenvalue weighted by molar-refractivity contribution is 5.75. The molecule has 0 saturated heterocycles. The van der Waals surface area contributed by atoms with Gasteiger partial charge in [-0.05, 0) is 41.9 Å². The van der Waals surface area contributed by atoms with Gasteiger partial charge in [-0.2, -0.15) is 9.61 Å². The van der Waals surface area contributed by atoms with E-state index in [1.807, 2.05) is 12.1 Å². The van der Waals surface area contributed by atoms with Crippen LogP contribution in [-0.2, 0) is 17.6 Å². The van der Waals surface area contributed by atoms with Crippen molar-refractivity contribution in [1.82, 2.24) is 14.6 Å². The van der Waals surface area contributed by atoms with Gasteiger partial charge in [0, 0.05) is 24.2 Å². The third-order valence-corrected chi connectivity index (χ3v) is 4.76. The van der Waals surface area contributed by atoms with Crippen molar-refractivity contribution in [3.8, 4) is 11.1 Å². The average Bonchev–Trinajstić information content (AvgIpc) is 3.04. The Kier molecular flexibility index (Phi) is 3.45. The zero-order valence-corrected chi connectivity index (χ0v) is 13.1. The first-order valence-corrected chi connectivity index (χ1v) is 8.04. The average molecular weight is 322 g/mol. The van der Waals surface area contributed by atoms with Crippen LogP contribution in [0, 0.1) is 5.92 Å². The SMILES string of the molecule is Nc1c(-c2ccc3c(c2)CCC(CC(=O)O)C3)cnc2ccnn12. The number of carboxylic acid groups (broad SMARTS) is 1. The number of aliphatic carboxylic acids is 1. The molecule has 0 amide bonds. The maximum atomic E-state index is 10.9. The van der Waals surface area contributed by atoms with Crippen LogP contribution in [0.4, 0.5) is 5.82 Å². The zero-order chi connectivity index (χ0) is 16.7. The zero-order valence-electron chi connectivity index (χ0n) is 13.1. The second-order valence-electron chi connectivity index (χ2n) is 6.35. The van der Waals surface area contributed by atoms with Crippen molar-refractivity contribution in [3.05, 3.63) is 47.8 Å². The summed E-state index contributed by atoms with van der Waals surface area (Å²) in [6.45, 7) is 0. The molecular weight excluding hydrogens is 304 g/mol. The number of aromatic nitrogens is 3. The van der Waals surface area contributed by atoms with E-state index in [-0.39, 0.29) is 12.3 Å². The molecule has 1 atom stereocenters. The maximum Gasteiger partial charge on any atom is 0.303 e. The molecule has 3 aromatic rings. The number of fused-ring (bicyclic) bond motifs is 2. The van der Waals surface area contributed by atoms with Crippen LogP contribution in [0.25, 0.3) is 16.8 Å². The summed E-state index contributed by atoms with van der Waals surface area (Å²) < 4.78 is 1.64. The van der Waals surface area contributed by atoms with Crippen molar-refractivity contribution in [1.29, 1.82) is 0 Å². The van der Waals surface area contributed by atoms with E-state index in [0.717, 1.165) is 36.0 Å². The van der Waals surface area contributed by atoms with Gasteiger partial charge in [-0.1, -0.05) is 18.2 Å². The van der Waals surface area contributed by atoms with Crippen molar-refractivity contribution >= 4 is 17.4 Å². The normalized spacial score (nSPS) is 16.9. The van der Waals surface area contributed by atoms with Crippen LogP contribution in [0.1, 0.15) is 24.0 Å². The number of nitrogens with two attached hydrogens (primary N) is 1. The number of carbonyl (C=O) groups is 1. The molecule has 0 bridgehead atoms. The summed E-state index contributed by atoms with van der Waals surface area (Å²) in [6.07, 6.45) is 6.34. The highest BCUT2D eigenvalue weighted by atomic mass is 16.4. The Morgan fingerprint density at radius 1 is 1.33 bits per heavy atom. The summed E-state index contributed by atoms with van der Waals surface area (Å²) in [6, 6.07) is 8.08. The fourth-order valence-corrected chi connectivity index (χ4v) is 3.53. The van der Waals surface area contributed by atoms with Gasteiger partial charge in [-0.25, -0.2) is 4.98 Å². The van der Waals surface area contributed by atoms with Crippen molar-refractivity contribution in [3.63, 3.8) is 0 Å². The quantitative estimate of drug-likeness (QED) is 0.773. The van der Waals surface area contributed by atoms with Crippen LogP contribution in [0.15, 0.2) is 36.7 Å². The molecule has 1 unspecified atom stereocenters. The Balaban J connectivity index is 1.68. The monoisotopic (exact) mass is 322 g/mol. The summed E-state index contributed by atoms with van der Waals surface area (Å²) in [4.78, 5) is 15.3. The van der Waals surface area contributed by atoms with E-state index < -0.39 is 5.97 Å². The number of anilines is 1. The minimum Gasteiger partial charge on any atom is -0.481 e. The maximum absolute atomic E-state index is 10.9. The lowest BCUT2D eigenvalue weighted by Gasteiger charge is -2.24. The molecule has 6 heteroatoms. The molecule has 1 aliphatic rings. The summed E-state index contributed by atoms with van der Waals surface area (Å²) >= 11 is 0. The topological polar surface area (TPSA) is 93.5 Å². The number of benzene rings is 1. The van der Waals surface area contributed by atoms with Gasteiger partial charge in [-0.3, -0.25) is 4.79 Å². The molecule has 1 aromatic carbocycles. The summed E-state index contributed by atoms with van der Waals surface area (Å²) in [5.74, 6) is 0.0870. The molecule has 0 radical (unpaired) electrons. The van der Waals surface area contributed by atoms with Crippen LogP contribution < -0.4 is 5.73 Å². The Hall–Kier alpha value is -2.89. The molecule has 0 saturated carbocycles. The lowest BCUT2D eigenvalue weighted by Crippen LogP contribution is -2.17. The van der Waals surface area contributed by atoms with Gasteiger partial charge in [0.05, 0.1) is 6.20 Å². The third-order valence-electron chi connectivity index (χ3n) is 4.76. The van der Waals surface area contributed by atoms with Crippen LogP contribution in [0.2, 0.25) is 0 Å². The third kappa shape index (κ3) is 2.50.